The topological polar surface area (TPSA) is 68.1 Å². The monoisotopic (exact) mass is 269 g/mol. The van der Waals surface area contributed by atoms with Crippen molar-refractivity contribution >= 4 is 23.1 Å². The molecular formula is C12H16ClN3O2. The zero-order valence-corrected chi connectivity index (χ0v) is 11.0. The second kappa shape index (κ2) is 5.52. The number of anilines is 1. The molecule has 0 aliphatic heterocycles. The van der Waals surface area contributed by atoms with Crippen molar-refractivity contribution in [2.75, 3.05) is 11.9 Å². The van der Waals surface area contributed by atoms with Crippen LogP contribution >= 0.6 is 11.6 Å². The predicted octanol–water partition coefficient (Wildman–Crippen LogP) is 3.49. The summed E-state index contributed by atoms with van der Waals surface area (Å²) in [6, 6.07) is 1.33. The summed E-state index contributed by atoms with van der Waals surface area (Å²) in [5, 5.41) is 14.0. The van der Waals surface area contributed by atoms with Gasteiger partial charge >= 0.3 is 0 Å². The maximum atomic E-state index is 10.6. The molecular weight excluding hydrogens is 254 g/mol. The number of hydrogen-bond acceptors (Lipinski definition) is 4. The number of nitro groups is 1. The standard InChI is InChI=1S/C12H16ClN3O2/c1-8-3-2-4-9(8)6-14-12-11(13)5-10(7-15-12)16(17)18/h5,7-9H,2-4,6H2,1H3,(H,14,15). The Morgan fingerprint density at radius 3 is 2.94 bits per heavy atom. The van der Waals surface area contributed by atoms with Crippen molar-refractivity contribution in [3.05, 3.63) is 27.4 Å². The number of pyridine rings is 1. The molecule has 5 nitrogen and oxygen atoms in total. The molecule has 2 atom stereocenters. The second-order valence-electron chi connectivity index (χ2n) is 4.83. The van der Waals surface area contributed by atoms with Crippen molar-refractivity contribution in [3.8, 4) is 0 Å². The van der Waals surface area contributed by atoms with Gasteiger partial charge in [0.2, 0.25) is 0 Å². The number of halogens is 1. The van der Waals surface area contributed by atoms with Gasteiger partial charge in [0.15, 0.2) is 0 Å². The lowest BCUT2D eigenvalue weighted by atomic mass is 9.98. The van der Waals surface area contributed by atoms with Gasteiger partial charge in [-0.3, -0.25) is 10.1 Å². The molecule has 1 aliphatic carbocycles. The normalized spacial score (nSPS) is 23.0. The fourth-order valence-corrected chi connectivity index (χ4v) is 2.64. The van der Waals surface area contributed by atoms with Gasteiger partial charge in [0.05, 0.1) is 9.95 Å². The Hall–Kier alpha value is -1.36. The van der Waals surface area contributed by atoms with Crippen molar-refractivity contribution in [2.24, 2.45) is 11.8 Å². The minimum absolute atomic E-state index is 0.0835. The Labute approximate surface area is 111 Å². The van der Waals surface area contributed by atoms with Gasteiger partial charge in [-0.2, -0.15) is 0 Å². The Kier molecular flexibility index (Phi) is 4.01. The number of nitrogens with zero attached hydrogens (tertiary/aromatic N) is 2. The summed E-state index contributed by atoms with van der Waals surface area (Å²) in [7, 11) is 0. The molecule has 1 aromatic rings. The minimum Gasteiger partial charge on any atom is -0.369 e. The van der Waals surface area contributed by atoms with Gasteiger partial charge < -0.3 is 5.32 Å². The molecule has 1 saturated carbocycles. The molecule has 2 rings (SSSR count). The molecule has 98 valence electrons. The Morgan fingerprint density at radius 1 is 1.61 bits per heavy atom. The van der Waals surface area contributed by atoms with Crippen LogP contribution < -0.4 is 5.32 Å². The summed E-state index contributed by atoms with van der Waals surface area (Å²) in [4.78, 5) is 14.1. The van der Waals surface area contributed by atoms with E-state index in [1.807, 2.05) is 0 Å². The van der Waals surface area contributed by atoms with E-state index in [0.717, 1.165) is 6.54 Å². The van der Waals surface area contributed by atoms with E-state index in [1.165, 1.54) is 31.5 Å². The van der Waals surface area contributed by atoms with Crippen molar-refractivity contribution < 1.29 is 4.92 Å². The van der Waals surface area contributed by atoms with Crippen LogP contribution in [0.4, 0.5) is 11.5 Å². The van der Waals surface area contributed by atoms with E-state index in [2.05, 4.69) is 17.2 Å². The second-order valence-corrected chi connectivity index (χ2v) is 5.24. The molecule has 2 unspecified atom stereocenters. The third kappa shape index (κ3) is 2.90. The van der Waals surface area contributed by atoms with Gasteiger partial charge in [0.25, 0.3) is 5.69 Å². The summed E-state index contributed by atoms with van der Waals surface area (Å²) in [5.74, 6) is 1.88. The van der Waals surface area contributed by atoms with E-state index >= 15 is 0 Å². The maximum Gasteiger partial charge on any atom is 0.289 e. The van der Waals surface area contributed by atoms with Gasteiger partial charge in [-0.25, -0.2) is 4.98 Å². The van der Waals surface area contributed by atoms with Crippen LogP contribution in [0.15, 0.2) is 12.3 Å². The van der Waals surface area contributed by atoms with Crippen LogP contribution in [-0.4, -0.2) is 16.5 Å². The summed E-state index contributed by atoms with van der Waals surface area (Å²) >= 11 is 5.97. The highest BCUT2D eigenvalue weighted by Gasteiger charge is 2.23. The van der Waals surface area contributed by atoms with E-state index in [-0.39, 0.29) is 5.69 Å². The number of hydrogen-bond donors (Lipinski definition) is 1. The third-order valence-electron chi connectivity index (χ3n) is 3.61. The van der Waals surface area contributed by atoms with Crippen molar-refractivity contribution in [1.82, 2.24) is 4.98 Å². The largest absolute Gasteiger partial charge is 0.369 e. The van der Waals surface area contributed by atoms with Crippen molar-refractivity contribution in [2.45, 2.75) is 26.2 Å². The van der Waals surface area contributed by atoms with E-state index in [1.54, 1.807) is 0 Å². The summed E-state index contributed by atoms with van der Waals surface area (Å²) in [6.07, 6.45) is 4.99. The van der Waals surface area contributed by atoms with Crippen LogP contribution in [0, 0.1) is 22.0 Å². The first kappa shape index (κ1) is 13.1. The maximum absolute atomic E-state index is 10.6. The molecule has 0 bridgehead atoms. The smallest absolute Gasteiger partial charge is 0.289 e. The Balaban J connectivity index is 1.99. The quantitative estimate of drug-likeness (QED) is 0.671. The first-order valence-corrected chi connectivity index (χ1v) is 6.49. The Bertz CT molecular complexity index is 453. The van der Waals surface area contributed by atoms with Gasteiger partial charge in [0, 0.05) is 12.6 Å². The lowest BCUT2D eigenvalue weighted by Crippen LogP contribution is -2.17. The van der Waals surface area contributed by atoms with Crippen LogP contribution in [0.2, 0.25) is 5.02 Å². The van der Waals surface area contributed by atoms with Crippen LogP contribution in [0.5, 0.6) is 0 Å². The molecule has 0 amide bonds. The molecule has 1 aliphatic rings. The van der Waals surface area contributed by atoms with Crippen molar-refractivity contribution in [1.29, 1.82) is 0 Å². The first-order chi connectivity index (χ1) is 8.58. The van der Waals surface area contributed by atoms with Crippen LogP contribution in [0.3, 0.4) is 0 Å². The summed E-state index contributed by atoms with van der Waals surface area (Å²) < 4.78 is 0. The minimum atomic E-state index is -0.498. The van der Waals surface area contributed by atoms with Gasteiger partial charge in [-0.1, -0.05) is 31.4 Å². The van der Waals surface area contributed by atoms with Gasteiger partial charge in [0.1, 0.15) is 12.0 Å². The average Bonchev–Trinajstić information content (AvgIpc) is 2.73. The predicted molar refractivity (Wildman–Crippen MR) is 70.9 cm³/mol. The molecule has 0 spiro atoms. The number of nitrogens with one attached hydrogen (secondary N) is 1. The lowest BCUT2D eigenvalue weighted by Gasteiger charge is -2.16. The lowest BCUT2D eigenvalue weighted by molar-refractivity contribution is -0.385. The molecule has 0 aromatic carbocycles. The van der Waals surface area contributed by atoms with E-state index in [9.17, 15) is 10.1 Å². The first-order valence-electron chi connectivity index (χ1n) is 6.11. The molecule has 6 heteroatoms. The van der Waals surface area contributed by atoms with Crippen LogP contribution in [0.25, 0.3) is 0 Å². The number of rotatable bonds is 4. The molecule has 0 saturated heterocycles. The highest BCUT2D eigenvalue weighted by molar-refractivity contribution is 6.33. The van der Waals surface area contributed by atoms with E-state index in [0.29, 0.717) is 22.7 Å². The fraction of sp³-hybridized carbons (Fsp3) is 0.583. The SMILES string of the molecule is CC1CCCC1CNc1ncc([N+](=O)[O-])cc1Cl. The fourth-order valence-electron chi connectivity index (χ4n) is 2.41. The zero-order valence-electron chi connectivity index (χ0n) is 10.2. The highest BCUT2D eigenvalue weighted by atomic mass is 35.5. The van der Waals surface area contributed by atoms with Crippen molar-refractivity contribution in [3.63, 3.8) is 0 Å². The zero-order chi connectivity index (χ0) is 13.1. The Morgan fingerprint density at radius 2 is 2.39 bits per heavy atom. The van der Waals surface area contributed by atoms with Crippen LogP contribution in [0.1, 0.15) is 26.2 Å². The number of aromatic nitrogens is 1. The molecule has 0 radical (unpaired) electrons. The van der Waals surface area contributed by atoms with E-state index < -0.39 is 4.92 Å². The molecule has 1 aromatic heterocycles. The average molecular weight is 270 g/mol. The van der Waals surface area contributed by atoms with Gasteiger partial charge in [-0.05, 0) is 18.3 Å². The summed E-state index contributed by atoms with van der Waals surface area (Å²) in [5.41, 5.74) is -0.0835. The van der Waals surface area contributed by atoms with Gasteiger partial charge in [-0.15, -0.1) is 0 Å². The molecule has 1 fully saturated rings. The van der Waals surface area contributed by atoms with E-state index in [4.69, 9.17) is 11.6 Å². The highest BCUT2D eigenvalue weighted by Crippen LogP contribution is 2.32. The molecule has 1 heterocycles. The summed E-state index contributed by atoms with van der Waals surface area (Å²) in [6.45, 7) is 3.08. The third-order valence-corrected chi connectivity index (χ3v) is 3.90. The van der Waals surface area contributed by atoms with Crippen LogP contribution in [-0.2, 0) is 0 Å². The molecule has 18 heavy (non-hydrogen) atoms. The molecule has 1 N–H and O–H groups in total.